The lowest BCUT2D eigenvalue weighted by molar-refractivity contribution is -0.384. The standard InChI is InChI=1S/C22H17N5O2/c28-27(29)21-13-11-19(12-14-21)24-23-15-18-16-26(20-9-5-2-6-10-20)25-22(18)17-7-3-1-4-8-17/h1-16,24H/b23-15-. The van der Waals surface area contributed by atoms with Crippen molar-refractivity contribution in [2.75, 3.05) is 5.43 Å². The van der Waals surface area contributed by atoms with Crippen molar-refractivity contribution in [2.45, 2.75) is 0 Å². The summed E-state index contributed by atoms with van der Waals surface area (Å²) in [7, 11) is 0. The molecule has 1 aromatic heterocycles. The maximum atomic E-state index is 10.7. The number of benzene rings is 3. The molecule has 142 valence electrons. The molecular formula is C22H17N5O2. The number of hydrogen-bond donors (Lipinski definition) is 1. The van der Waals surface area contributed by atoms with E-state index in [4.69, 9.17) is 5.10 Å². The molecule has 3 aromatic carbocycles. The Labute approximate surface area is 167 Å². The van der Waals surface area contributed by atoms with Crippen LogP contribution < -0.4 is 5.43 Å². The number of non-ortho nitro benzene ring substituents is 1. The fourth-order valence-electron chi connectivity index (χ4n) is 2.85. The van der Waals surface area contributed by atoms with Crippen LogP contribution in [0.25, 0.3) is 16.9 Å². The Kier molecular flexibility index (Phi) is 5.11. The monoisotopic (exact) mass is 383 g/mol. The average molecular weight is 383 g/mol. The van der Waals surface area contributed by atoms with E-state index in [0.29, 0.717) is 5.69 Å². The molecule has 0 saturated heterocycles. The van der Waals surface area contributed by atoms with E-state index in [9.17, 15) is 10.1 Å². The number of rotatable bonds is 6. The van der Waals surface area contributed by atoms with Crippen LogP contribution in [-0.2, 0) is 0 Å². The summed E-state index contributed by atoms with van der Waals surface area (Å²) in [5, 5.41) is 19.8. The fraction of sp³-hybridized carbons (Fsp3) is 0. The van der Waals surface area contributed by atoms with Gasteiger partial charge in [0.15, 0.2) is 0 Å². The Morgan fingerprint density at radius 2 is 1.59 bits per heavy atom. The van der Waals surface area contributed by atoms with Crippen LogP contribution in [0.3, 0.4) is 0 Å². The lowest BCUT2D eigenvalue weighted by atomic mass is 10.1. The maximum Gasteiger partial charge on any atom is 0.269 e. The number of anilines is 1. The molecule has 1 heterocycles. The average Bonchev–Trinajstić information content (AvgIpc) is 3.19. The molecule has 0 radical (unpaired) electrons. The van der Waals surface area contributed by atoms with Crippen LogP contribution in [0.5, 0.6) is 0 Å². The highest BCUT2D eigenvalue weighted by Crippen LogP contribution is 2.22. The van der Waals surface area contributed by atoms with E-state index in [1.807, 2.05) is 71.5 Å². The van der Waals surface area contributed by atoms with Crippen LogP contribution in [0, 0.1) is 10.1 Å². The maximum absolute atomic E-state index is 10.7. The minimum absolute atomic E-state index is 0.0371. The van der Waals surface area contributed by atoms with E-state index >= 15 is 0 Å². The van der Waals surface area contributed by atoms with Crippen molar-refractivity contribution in [1.82, 2.24) is 9.78 Å². The number of hydrogen-bond acceptors (Lipinski definition) is 5. The lowest BCUT2D eigenvalue weighted by Crippen LogP contribution is -1.93. The highest BCUT2D eigenvalue weighted by atomic mass is 16.6. The number of para-hydroxylation sites is 1. The van der Waals surface area contributed by atoms with E-state index in [1.165, 1.54) is 12.1 Å². The first kappa shape index (κ1) is 18.1. The predicted molar refractivity (Wildman–Crippen MR) is 113 cm³/mol. The molecule has 0 amide bonds. The van der Waals surface area contributed by atoms with E-state index in [2.05, 4.69) is 10.5 Å². The number of nitrogens with zero attached hydrogens (tertiary/aromatic N) is 4. The van der Waals surface area contributed by atoms with Crippen LogP contribution in [0.1, 0.15) is 5.56 Å². The Morgan fingerprint density at radius 1 is 0.931 bits per heavy atom. The molecule has 0 aliphatic carbocycles. The van der Waals surface area contributed by atoms with Crippen LogP contribution in [0.2, 0.25) is 0 Å². The third kappa shape index (κ3) is 4.19. The zero-order chi connectivity index (χ0) is 20.1. The minimum Gasteiger partial charge on any atom is -0.278 e. The zero-order valence-corrected chi connectivity index (χ0v) is 15.3. The Balaban J connectivity index is 1.62. The van der Waals surface area contributed by atoms with Gasteiger partial charge >= 0.3 is 0 Å². The van der Waals surface area contributed by atoms with Gasteiger partial charge in [0, 0.05) is 29.5 Å². The molecule has 7 heteroatoms. The molecule has 0 bridgehead atoms. The zero-order valence-electron chi connectivity index (χ0n) is 15.3. The molecule has 0 atom stereocenters. The van der Waals surface area contributed by atoms with Crippen LogP contribution in [-0.4, -0.2) is 20.9 Å². The van der Waals surface area contributed by atoms with Crippen molar-refractivity contribution in [2.24, 2.45) is 5.10 Å². The molecule has 0 fully saturated rings. The molecule has 4 rings (SSSR count). The first-order valence-corrected chi connectivity index (χ1v) is 8.95. The second-order valence-electron chi connectivity index (χ2n) is 6.25. The summed E-state index contributed by atoms with van der Waals surface area (Å²) in [4.78, 5) is 10.3. The van der Waals surface area contributed by atoms with Gasteiger partial charge in [0.2, 0.25) is 0 Å². The first-order valence-electron chi connectivity index (χ1n) is 8.95. The third-order valence-corrected chi connectivity index (χ3v) is 4.29. The van der Waals surface area contributed by atoms with E-state index in [0.717, 1.165) is 22.5 Å². The van der Waals surface area contributed by atoms with Crippen molar-refractivity contribution in [3.05, 3.63) is 107 Å². The second-order valence-corrected chi connectivity index (χ2v) is 6.25. The highest BCUT2D eigenvalue weighted by Gasteiger charge is 2.11. The molecule has 0 unspecified atom stereocenters. The SMILES string of the molecule is O=[N+]([O-])c1ccc(N/N=C\c2cn(-c3ccccc3)nc2-c2ccccc2)cc1. The predicted octanol–water partition coefficient (Wildman–Crippen LogP) is 4.89. The number of nitrogens with one attached hydrogen (secondary N) is 1. The third-order valence-electron chi connectivity index (χ3n) is 4.29. The van der Waals surface area contributed by atoms with Crippen molar-refractivity contribution in [3.63, 3.8) is 0 Å². The topological polar surface area (TPSA) is 85.4 Å². The van der Waals surface area contributed by atoms with Gasteiger partial charge in [-0.15, -0.1) is 0 Å². The molecule has 0 aliphatic rings. The minimum atomic E-state index is -0.433. The molecule has 7 nitrogen and oxygen atoms in total. The largest absolute Gasteiger partial charge is 0.278 e. The normalized spacial score (nSPS) is 10.9. The number of aromatic nitrogens is 2. The smallest absolute Gasteiger partial charge is 0.269 e. The van der Waals surface area contributed by atoms with E-state index < -0.39 is 4.92 Å². The number of nitro benzene ring substituents is 1. The van der Waals surface area contributed by atoms with Gasteiger partial charge in [-0.3, -0.25) is 15.5 Å². The first-order chi connectivity index (χ1) is 14.2. The van der Waals surface area contributed by atoms with Gasteiger partial charge in [-0.25, -0.2) is 4.68 Å². The summed E-state index contributed by atoms with van der Waals surface area (Å²) in [5.41, 5.74) is 7.18. The van der Waals surface area contributed by atoms with Gasteiger partial charge in [0.25, 0.3) is 5.69 Å². The summed E-state index contributed by atoms with van der Waals surface area (Å²) in [5.74, 6) is 0. The molecule has 4 aromatic rings. The Hall–Kier alpha value is -4.26. The summed E-state index contributed by atoms with van der Waals surface area (Å²) < 4.78 is 1.82. The fourth-order valence-corrected chi connectivity index (χ4v) is 2.85. The molecule has 0 spiro atoms. The Morgan fingerprint density at radius 3 is 2.24 bits per heavy atom. The number of nitro groups is 1. The van der Waals surface area contributed by atoms with Gasteiger partial charge in [0.1, 0.15) is 5.69 Å². The van der Waals surface area contributed by atoms with Crippen molar-refractivity contribution in [3.8, 4) is 16.9 Å². The van der Waals surface area contributed by atoms with Crippen molar-refractivity contribution < 1.29 is 4.92 Å². The molecule has 0 aliphatic heterocycles. The summed E-state index contributed by atoms with van der Waals surface area (Å²) in [6.45, 7) is 0. The lowest BCUT2D eigenvalue weighted by Gasteiger charge is -2.00. The summed E-state index contributed by atoms with van der Waals surface area (Å²) in [6, 6.07) is 25.8. The van der Waals surface area contributed by atoms with Gasteiger partial charge in [-0.1, -0.05) is 48.5 Å². The molecule has 29 heavy (non-hydrogen) atoms. The second kappa shape index (κ2) is 8.18. The molecule has 0 saturated carbocycles. The number of hydrazone groups is 1. The van der Waals surface area contributed by atoms with E-state index in [1.54, 1.807) is 18.3 Å². The van der Waals surface area contributed by atoms with Gasteiger partial charge in [0.05, 0.1) is 22.5 Å². The van der Waals surface area contributed by atoms with Crippen LogP contribution >= 0.6 is 0 Å². The van der Waals surface area contributed by atoms with Gasteiger partial charge < -0.3 is 0 Å². The van der Waals surface area contributed by atoms with Crippen molar-refractivity contribution in [1.29, 1.82) is 0 Å². The molecule has 1 N–H and O–H groups in total. The van der Waals surface area contributed by atoms with Crippen molar-refractivity contribution >= 4 is 17.6 Å². The van der Waals surface area contributed by atoms with Crippen LogP contribution in [0.15, 0.2) is 96.2 Å². The summed E-state index contributed by atoms with van der Waals surface area (Å²) in [6.07, 6.45) is 3.61. The van der Waals surface area contributed by atoms with Crippen LogP contribution in [0.4, 0.5) is 11.4 Å². The molecular weight excluding hydrogens is 366 g/mol. The summed E-state index contributed by atoms with van der Waals surface area (Å²) >= 11 is 0. The quantitative estimate of drug-likeness (QED) is 0.292. The van der Waals surface area contributed by atoms with E-state index in [-0.39, 0.29) is 5.69 Å². The Bertz CT molecular complexity index is 1140. The van der Waals surface area contributed by atoms with Gasteiger partial charge in [-0.05, 0) is 24.3 Å². The van der Waals surface area contributed by atoms with Gasteiger partial charge in [-0.2, -0.15) is 10.2 Å². The highest BCUT2D eigenvalue weighted by molar-refractivity contribution is 5.89.